The summed E-state index contributed by atoms with van der Waals surface area (Å²) >= 11 is 0. The Balaban J connectivity index is 2.00. The molecule has 0 bridgehead atoms. The van der Waals surface area contributed by atoms with Crippen LogP contribution in [0.15, 0.2) is 18.2 Å². The molecule has 1 aliphatic carbocycles. The molecule has 1 aliphatic rings. The number of carbonyl (C=O) groups is 1. The van der Waals surface area contributed by atoms with E-state index >= 15 is 0 Å². The fraction of sp³-hybridized carbons (Fsp3) is 0.588. The molecule has 0 aromatic heterocycles. The first-order valence-electron chi connectivity index (χ1n) is 7.83. The number of phenolic OH excluding ortho intramolecular Hbond substituents is 1. The molecule has 0 saturated heterocycles. The van der Waals surface area contributed by atoms with Gasteiger partial charge in [0.2, 0.25) is 0 Å². The minimum Gasteiger partial charge on any atom is -0.507 e. The zero-order chi connectivity index (χ0) is 15.4. The molecule has 0 atom stereocenters. The van der Waals surface area contributed by atoms with Crippen molar-refractivity contribution in [1.82, 2.24) is 10.2 Å². The van der Waals surface area contributed by atoms with Gasteiger partial charge in [-0.05, 0) is 56.8 Å². The number of amides is 1. The number of aromatic hydroxyl groups is 1. The van der Waals surface area contributed by atoms with Crippen LogP contribution in [0.3, 0.4) is 0 Å². The van der Waals surface area contributed by atoms with Crippen molar-refractivity contribution in [1.29, 1.82) is 0 Å². The number of benzene rings is 1. The highest BCUT2D eigenvalue weighted by Crippen LogP contribution is 2.26. The summed E-state index contributed by atoms with van der Waals surface area (Å²) in [7, 11) is 1.85. The lowest BCUT2D eigenvalue weighted by Gasteiger charge is -2.35. The molecular weight excluding hydrogens is 264 g/mol. The molecule has 0 unspecified atom stereocenters. The van der Waals surface area contributed by atoms with E-state index in [-0.39, 0.29) is 17.7 Å². The van der Waals surface area contributed by atoms with E-state index < -0.39 is 0 Å². The second-order valence-corrected chi connectivity index (χ2v) is 6.00. The second kappa shape index (κ2) is 6.94. The quantitative estimate of drug-likeness (QED) is 0.896. The van der Waals surface area contributed by atoms with Gasteiger partial charge in [0.1, 0.15) is 5.75 Å². The molecule has 0 heterocycles. The number of aryl methyl sites for hydroxylation is 1. The molecule has 2 rings (SSSR count). The minimum atomic E-state index is -0.0839. The van der Waals surface area contributed by atoms with E-state index in [4.69, 9.17) is 0 Å². The molecule has 21 heavy (non-hydrogen) atoms. The van der Waals surface area contributed by atoms with Gasteiger partial charge in [-0.1, -0.05) is 13.0 Å². The van der Waals surface area contributed by atoms with E-state index in [9.17, 15) is 9.90 Å². The standard InChI is InChI=1S/C17H26N2O2/c1-4-18-13-6-8-14(9-7-13)19(3)17(21)15-10-5-12(2)11-16(15)20/h5,10-11,13-14,18,20H,4,6-9H2,1-3H3. The Bertz CT molecular complexity index is 494. The molecule has 0 spiro atoms. The number of nitrogens with zero attached hydrogens (tertiary/aromatic N) is 1. The molecule has 0 radical (unpaired) electrons. The van der Waals surface area contributed by atoms with Crippen molar-refractivity contribution in [3.63, 3.8) is 0 Å². The van der Waals surface area contributed by atoms with Crippen LogP contribution in [0.1, 0.15) is 48.5 Å². The number of phenols is 1. The minimum absolute atomic E-state index is 0.0770. The molecule has 0 aliphatic heterocycles. The average molecular weight is 290 g/mol. The predicted molar refractivity (Wildman–Crippen MR) is 84.7 cm³/mol. The molecule has 1 amide bonds. The predicted octanol–water partition coefficient (Wildman–Crippen LogP) is 2.69. The number of hydrogen-bond acceptors (Lipinski definition) is 3. The number of rotatable bonds is 4. The number of hydrogen-bond donors (Lipinski definition) is 2. The van der Waals surface area contributed by atoms with Crippen LogP contribution in [0.2, 0.25) is 0 Å². The molecular formula is C17H26N2O2. The van der Waals surface area contributed by atoms with Gasteiger partial charge in [0, 0.05) is 19.1 Å². The van der Waals surface area contributed by atoms with E-state index in [0.29, 0.717) is 11.6 Å². The monoisotopic (exact) mass is 290 g/mol. The number of nitrogens with one attached hydrogen (secondary N) is 1. The first-order chi connectivity index (χ1) is 10.0. The van der Waals surface area contributed by atoms with E-state index in [1.165, 1.54) is 0 Å². The topological polar surface area (TPSA) is 52.6 Å². The lowest BCUT2D eigenvalue weighted by atomic mass is 9.90. The maximum absolute atomic E-state index is 12.5. The Morgan fingerprint density at radius 1 is 1.33 bits per heavy atom. The summed E-state index contributed by atoms with van der Waals surface area (Å²) in [6.45, 7) is 5.03. The maximum atomic E-state index is 12.5. The fourth-order valence-corrected chi connectivity index (χ4v) is 3.13. The van der Waals surface area contributed by atoms with Crippen LogP contribution in [0, 0.1) is 6.92 Å². The molecule has 1 aromatic carbocycles. The third kappa shape index (κ3) is 3.76. The van der Waals surface area contributed by atoms with Gasteiger partial charge in [0.05, 0.1) is 5.56 Å². The van der Waals surface area contributed by atoms with Crippen LogP contribution >= 0.6 is 0 Å². The van der Waals surface area contributed by atoms with Gasteiger partial charge in [0.25, 0.3) is 5.91 Å². The zero-order valence-corrected chi connectivity index (χ0v) is 13.2. The SMILES string of the molecule is CCNC1CCC(N(C)C(=O)c2ccc(C)cc2O)CC1. The van der Waals surface area contributed by atoms with Gasteiger partial charge < -0.3 is 15.3 Å². The third-order valence-electron chi connectivity index (χ3n) is 4.44. The summed E-state index contributed by atoms with van der Waals surface area (Å²) in [5.41, 5.74) is 1.36. The Kier molecular flexibility index (Phi) is 5.23. The highest BCUT2D eigenvalue weighted by molar-refractivity contribution is 5.96. The van der Waals surface area contributed by atoms with Gasteiger partial charge in [-0.25, -0.2) is 0 Å². The van der Waals surface area contributed by atoms with Crippen molar-refractivity contribution in [2.45, 2.75) is 51.6 Å². The third-order valence-corrected chi connectivity index (χ3v) is 4.44. The molecule has 1 fully saturated rings. The van der Waals surface area contributed by atoms with E-state index in [0.717, 1.165) is 37.8 Å². The van der Waals surface area contributed by atoms with Gasteiger partial charge in [0.15, 0.2) is 0 Å². The normalized spacial score (nSPS) is 22.0. The summed E-state index contributed by atoms with van der Waals surface area (Å²) in [6, 6.07) is 6.08. The van der Waals surface area contributed by atoms with E-state index in [2.05, 4.69) is 12.2 Å². The molecule has 4 nitrogen and oxygen atoms in total. The lowest BCUT2D eigenvalue weighted by molar-refractivity contribution is 0.0681. The second-order valence-electron chi connectivity index (χ2n) is 6.00. The van der Waals surface area contributed by atoms with Crippen LogP contribution in [-0.4, -0.2) is 41.6 Å². The van der Waals surface area contributed by atoms with Crippen LogP contribution in [0.25, 0.3) is 0 Å². The van der Waals surface area contributed by atoms with Crippen molar-refractivity contribution in [2.75, 3.05) is 13.6 Å². The maximum Gasteiger partial charge on any atom is 0.257 e. The molecule has 116 valence electrons. The summed E-state index contributed by atoms with van der Waals surface area (Å²) in [6.07, 6.45) is 4.26. The highest BCUT2D eigenvalue weighted by Gasteiger charge is 2.27. The largest absolute Gasteiger partial charge is 0.507 e. The van der Waals surface area contributed by atoms with Gasteiger partial charge in [-0.2, -0.15) is 0 Å². The highest BCUT2D eigenvalue weighted by atomic mass is 16.3. The first-order valence-corrected chi connectivity index (χ1v) is 7.83. The molecule has 4 heteroatoms. The van der Waals surface area contributed by atoms with Crippen LogP contribution in [-0.2, 0) is 0 Å². The summed E-state index contributed by atoms with van der Waals surface area (Å²) in [4.78, 5) is 14.3. The van der Waals surface area contributed by atoms with E-state index in [1.54, 1.807) is 17.0 Å². The van der Waals surface area contributed by atoms with Crippen molar-refractivity contribution in [2.24, 2.45) is 0 Å². The fourth-order valence-electron chi connectivity index (χ4n) is 3.13. The smallest absolute Gasteiger partial charge is 0.257 e. The molecule has 1 saturated carbocycles. The van der Waals surface area contributed by atoms with Crippen molar-refractivity contribution in [3.8, 4) is 5.75 Å². The van der Waals surface area contributed by atoms with E-state index in [1.807, 2.05) is 20.0 Å². The Labute approximate surface area is 127 Å². The van der Waals surface area contributed by atoms with Gasteiger partial charge in [-0.15, -0.1) is 0 Å². The van der Waals surface area contributed by atoms with Crippen LogP contribution < -0.4 is 5.32 Å². The van der Waals surface area contributed by atoms with Crippen LogP contribution in [0.4, 0.5) is 0 Å². The van der Waals surface area contributed by atoms with Crippen LogP contribution in [0.5, 0.6) is 5.75 Å². The summed E-state index contributed by atoms with van der Waals surface area (Å²) in [5, 5.41) is 13.4. The van der Waals surface area contributed by atoms with Crippen molar-refractivity contribution < 1.29 is 9.90 Å². The molecule has 2 N–H and O–H groups in total. The van der Waals surface area contributed by atoms with Gasteiger partial charge in [-0.3, -0.25) is 4.79 Å². The zero-order valence-electron chi connectivity index (χ0n) is 13.2. The first kappa shape index (κ1) is 15.8. The average Bonchev–Trinajstić information content (AvgIpc) is 2.47. The Hall–Kier alpha value is -1.55. The van der Waals surface area contributed by atoms with Crippen molar-refractivity contribution >= 4 is 5.91 Å². The number of carbonyl (C=O) groups excluding carboxylic acids is 1. The lowest BCUT2D eigenvalue weighted by Crippen LogP contribution is -2.43. The summed E-state index contributed by atoms with van der Waals surface area (Å²) < 4.78 is 0. The van der Waals surface area contributed by atoms with Gasteiger partial charge >= 0.3 is 0 Å². The Morgan fingerprint density at radius 2 is 2.00 bits per heavy atom. The summed E-state index contributed by atoms with van der Waals surface area (Å²) in [5.74, 6) is -0.00686. The molecule has 1 aromatic rings. The van der Waals surface area contributed by atoms with Crippen molar-refractivity contribution in [3.05, 3.63) is 29.3 Å². The Morgan fingerprint density at radius 3 is 2.57 bits per heavy atom.